The van der Waals surface area contributed by atoms with Crippen LogP contribution >= 0.6 is 0 Å². The lowest BCUT2D eigenvalue weighted by Crippen LogP contribution is -2.43. The molecule has 14 heavy (non-hydrogen) atoms. The topological polar surface area (TPSA) is 39.1 Å². The predicted octanol–water partition coefficient (Wildman–Crippen LogP) is 1.36. The van der Waals surface area contributed by atoms with Crippen LogP contribution in [0.3, 0.4) is 0 Å². The van der Waals surface area contributed by atoms with Crippen LogP contribution < -0.4 is 5.32 Å². The maximum Gasteiger partial charge on any atom is 0.0638 e. The van der Waals surface area contributed by atoms with Gasteiger partial charge in [-0.1, -0.05) is 0 Å². The van der Waals surface area contributed by atoms with Gasteiger partial charge in [0.15, 0.2) is 0 Å². The molecule has 0 spiro atoms. The Kier molecular flexibility index (Phi) is 4.37. The standard InChI is InChI=1S/C11H21N3/c1-9(2)14-8-11(4-6-12)13-7-5-10(14)3/h9-11,13H,4-5,7-8H2,1-3H3. The maximum atomic E-state index is 8.69. The zero-order chi connectivity index (χ0) is 10.6. The number of hydrogen-bond acceptors (Lipinski definition) is 3. The highest BCUT2D eigenvalue weighted by molar-refractivity contribution is 4.88. The molecule has 1 aliphatic heterocycles. The molecule has 1 fully saturated rings. The summed E-state index contributed by atoms with van der Waals surface area (Å²) in [7, 11) is 0. The summed E-state index contributed by atoms with van der Waals surface area (Å²) in [4.78, 5) is 2.49. The zero-order valence-electron chi connectivity index (χ0n) is 9.45. The van der Waals surface area contributed by atoms with E-state index >= 15 is 0 Å². The van der Waals surface area contributed by atoms with Gasteiger partial charge in [0.1, 0.15) is 0 Å². The molecule has 1 rings (SSSR count). The summed E-state index contributed by atoms with van der Waals surface area (Å²) >= 11 is 0. The van der Waals surface area contributed by atoms with E-state index in [4.69, 9.17) is 5.26 Å². The molecule has 0 bridgehead atoms. The minimum absolute atomic E-state index is 0.354. The summed E-state index contributed by atoms with van der Waals surface area (Å²) in [5.74, 6) is 0. The van der Waals surface area contributed by atoms with E-state index < -0.39 is 0 Å². The average molecular weight is 195 g/mol. The summed E-state index contributed by atoms with van der Waals surface area (Å²) < 4.78 is 0. The molecule has 0 saturated carbocycles. The Morgan fingerprint density at radius 1 is 1.57 bits per heavy atom. The Morgan fingerprint density at radius 3 is 2.86 bits per heavy atom. The average Bonchev–Trinajstić information content (AvgIpc) is 2.29. The van der Waals surface area contributed by atoms with Crippen LogP contribution in [-0.2, 0) is 0 Å². The highest BCUT2D eigenvalue weighted by Gasteiger charge is 2.24. The van der Waals surface area contributed by atoms with Gasteiger partial charge >= 0.3 is 0 Å². The molecule has 0 aromatic rings. The molecule has 1 aliphatic rings. The first-order valence-corrected chi connectivity index (χ1v) is 5.51. The molecule has 0 amide bonds. The van der Waals surface area contributed by atoms with Crippen LogP contribution in [0.5, 0.6) is 0 Å². The molecule has 1 heterocycles. The Balaban J connectivity index is 2.58. The van der Waals surface area contributed by atoms with Crippen molar-refractivity contribution in [1.82, 2.24) is 10.2 Å². The Bertz CT molecular complexity index is 207. The number of nitriles is 1. The number of hydrogen-bond donors (Lipinski definition) is 1. The van der Waals surface area contributed by atoms with Crippen molar-refractivity contribution in [1.29, 1.82) is 5.26 Å². The van der Waals surface area contributed by atoms with Crippen molar-refractivity contribution in [3.05, 3.63) is 0 Å². The van der Waals surface area contributed by atoms with Crippen molar-refractivity contribution in [3.63, 3.8) is 0 Å². The molecule has 1 saturated heterocycles. The van der Waals surface area contributed by atoms with Gasteiger partial charge in [0, 0.05) is 24.7 Å². The molecular weight excluding hydrogens is 174 g/mol. The molecule has 2 unspecified atom stereocenters. The molecule has 3 nitrogen and oxygen atoms in total. The summed E-state index contributed by atoms with van der Waals surface area (Å²) in [6, 6.07) is 3.81. The molecule has 0 aromatic heterocycles. The van der Waals surface area contributed by atoms with Crippen molar-refractivity contribution in [3.8, 4) is 6.07 Å². The SMILES string of the molecule is CC(C)N1CC(CC#N)NCCC1C. The summed E-state index contributed by atoms with van der Waals surface area (Å²) in [5.41, 5.74) is 0. The zero-order valence-corrected chi connectivity index (χ0v) is 9.45. The van der Waals surface area contributed by atoms with E-state index in [0.717, 1.165) is 13.1 Å². The van der Waals surface area contributed by atoms with Crippen LogP contribution in [0.15, 0.2) is 0 Å². The molecule has 0 aliphatic carbocycles. The molecule has 0 aromatic carbocycles. The Labute approximate surface area is 87.1 Å². The van der Waals surface area contributed by atoms with Crippen LogP contribution in [0.4, 0.5) is 0 Å². The van der Waals surface area contributed by atoms with Gasteiger partial charge in [-0.15, -0.1) is 0 Å². The van der Waals surface area contributed by atoms with E-state index in [1.54, 1.807) is 0 Å². The predicted molar refractivity (Wildman–Crippen MR) is 57.9 cm³/mol. The Morgan fingerprint density at radius 2 is 2.29 bits per heavy atom. The van der Waals surface area contributed by atoms with Gasteiger partial charge in [0.25, 0.3) is 0 Å². The summed E-state index contributed by atoms with van der Waals surface area (Å²) in [6.45, 7) is 8.77. The van der Waals surface area contributed by atoms with E-state index in [-0.39, 0.29) is 0 Å². The third-order valence-corrected chi connectivity index (χ3v) is 2.99. The molecule has 0 radical (unpaired) electrons. The first kappa shape index (κ1) is 11.5. The van der Waals surface area contributed by atoms with Crippen LogP contribution in [0.25, 0.3) is 0 Å². The van der Waals surface area contributed by atoms with Gasteiger partial charge in [-0.25, -0.2) is 0 Å². The van der Waals surface area contributed by atoms with Gasteiger partial charge < -0.3 is 5.32 Å². The molecule has 80 valence electrons. The fourth-order valence-corrected chi connectivity index (χ4v) is 2.13. The molecule has 1 N–H and O–H groups in total. The Hall–Kier alpha value is -0.590. The quantitative estimate of drug-likeness (QED) is 0.723. The van der Waals surface area contributed by atoms with Gasteiger partial charge in [-0.3, -0.25) is 4.90 Å². The second kappa shape index (κ2) is 5.33. The van der Waals surface area contributed by atoms with Crippen molar-refractivity contribution in [2.24, 2.45) is 0 Å². The van der Waals surface area contributed by atoms with Crippen LogP contribution in [0.1, 0.15) is 33.6 Å². The van der Waals surface area contributed by atoms with Gasteiger partial charge in [0.2, 0.25) is 0 Å². The minimum atomic E-state index is 0.354. The third-order valence-electron chi connectivity index (χ3n) is 2.99. The lowest BCUT2D eigenvalue weighted by Gasteiger charge is -2.32. The van der Waals surface area contributed by atoms with Gasteiger partial charge in [-0.2, -0.15) is 5.26 Å². The smallest absolute Gasteiger partial charge is 0.0638 e. The van der Waals surface area contributed by atoms with E-state index in [2.05, 4.69) is 37.1 Å². The molecule has 3 heteroatoms. The van der Waals surface area contributed by atoms with E-state index in [0.29, 0.717) is 24.5 Å². The second-order valence-electron chi connectivity index (χ2n) is 4.44. The number of rotatable bonds is 2. The summed E-state index contributed by atoms with van der Waals surface area (Å²) in [6.07, 6.45) is 1.80. The van der Waals surface area contributed by atoms with Crippen LogP contribution in [0, 0.1) is 11.3 Å². The lowest BCUT2D eigenvalue weighted by atomic mass is 10.1. The fourth-order valence-electron chi connectivity index (χ4n) is 2.13. The lowest BCUT2D eigenvalue weighted by molar-refractivity contribution is 0.161. The van der Waals surface area contributed by atoms with Gasteiger partial charge in [-0.05, 0) is 33.7 Å². The van der Waals surface area contributed by atoms with E-state index in [9.17, 15) is 0 Å². The molecule has 2 atom stereocenters. The monoisotopic (exact) mass is 195 g/mol. The summed E-state index contributed by atoms with van der Waals surface area (Å²) in [5, 5.41) is 12.1. The van der Waals surface area contributed by atoms with Gasteiger partial charge in [0.05, 0.1) is 12.5 Å². The number of nitrogens with zero attached hydrogens (tertiary/aromatic N) is 2. The van der Waals surface area contributed by atoms with Crippen LogP contribution in [-0.4, -0.2) is 36.1 Å². The van der Waals surface area contributed by atoms with Crippen molar-refractivity contribution >= 4 is 0 Å². The van der Waals surface area contributed by atoms with E-state index in [1.807, 2.05) is 0 Å². The van der Waals surface area contributed by atoms with Crippen molar-refractivity contribution < 1.29 is 0 Å². The molecular formula is C11H21N3. The fraction of sp³-hybridized carbons (Fsp3) is 0.909. The van der Waals surface area contributed by atoms with Crippen molar-refractivity contribution in [2.75, 3.05) is 13.1 Å². The number of nitrogens with one attached hydrogen (secondary N) is 1. The third kappa shape index (κ3) is 2.97. The van der Waals surface area contributed by atoms with Crippen LogP contribution in [0.2, 0.25) is 0 Å². The minimum Gasteiger partial charge on any atom is -0.312 e. The highest BCUT2D eigenvalue weighted by Crippen LogP contribution is 2.13. The first-order chi connectivity index (χ1) is 6.65. The highest BCUT2D eigenvalue weighted by atomic mass is 15.2. The maximum absolute atomic E-state index is 8.69. The largest absolute Gasteiger partial charge is 0.312 e. The normalized spacial score (nSPS) is 29.9. The first-order valence-electron chi connectivity index (χ1n) is 5.51. The second-order valence-corrected chi connectivity index (χ2v) is 4.44. The van der Waals surface area contributed by atoms with Crippen molar-refractivity contribution in [2.45, 2.75) is 51.7 Å². The van der Waals surface area contributed by atoms with E-state index in [1.165, 1.54) is 6.42 Å².